The molecule has 0 aliphatic heterocycles. The van der Waals surface area contributed by atoms with Gasteiger partial charge in [-0.25, -0.2) is 9.78 Å². The number of aliphatic hydroxyl groups is 1. The van der Waals surface area contributed by atoms with Crippen LogP contribution in [0, 0.1) is 0 Å². The fraction of sp³-hybridized carbons (Fsp3) is 0.500. The van der Waals surface area contributed by atoms with Crippen LogP contribution in [-0.2, 0) is 11.3 Å². The summed E-state index contributed by atoms with van der Waals surface area (Å²) in [5.41, 5.74) is 0.347. The van der Waals surface area contributed by atoms with Crippen LogP contribution in [-0.4, -0.2) is 28.9 Å². The van der Waals surface area contributed by atoms with Gasteiger partial charge in [-0.15, -0.1) is 0 Å². The maximum atomic E-state index is 11.6. The zero-order chi connectivity index (χ0) is 13.8. The van der Waals surface area contributed by atoms with E-state index in [9.17, 15) is 4.79 Å². The first kappa shape index (κ1) is 14.2. The van der Waals surface area contributed by atoms with Crippen molar-refractivity contribution >= 4 is 11.8 Å². The van der Waals surface area contributed by atoms with Crippen LogP contribution in [0.15, 0.2) is 12.3 Å². The van der Waals surface area contributed by atoms with Gasteiger partial charge in [-0.05, 0) is 32.4 Å². The summed E-state index contributed by atoms with van der Waals surface area (Å²) in [6, 6.07) is 1.58. The molecule has 0 aromatic carbocycles. The molecule has 2 N–H and O–H groups in total. The lowest BCUT2D eigenvalue weighted by Gasteiger charge is -2.20. The number of aliphatic hydroxyl groups excluding tert-OH is 1. The number of carbonyl (C=O) groups is 1. The third-order valence-corrected chi connectivity index (χ3v) is 1.92. The molecule has 0 aliphatic rings. The third kappa shape index (κ3) is 4.21. The Morgan fingerprint density at radius 3 is 2.67 bits per heavy atom. The van der Waals surface area contributed by atoms with Gasteiger partial charge in [0.2, 0.25) is 5.88 Å². The molecule has 1 rings (SSSR count). The summed E-state index contributed by atoms with van der Waals surface area (Å²) in [5.74, 6) is 0.262. The number of pyridine rings is 1. The number of amides is 1. The monoisotopic (exact) mass is 254 g/mol. The number of aromatic nitrogens is 1. The molecule has 1 aromatic heterocycles. The molecule has 100 valence electrons. The second kappa shape index (κ2) is 5.68. The zero-order valence-electron chi connectivity index (χ0n) is 11.0. The van der Waals surface area contributed by atoms with Gasteiger partial charge in [0.15, 0.2) is 0 Å². The molecule has 0 radical (unpaired) electrons. The maximum Gasteiger partial charge on any atom is 0.412 e. The molecule has 0 unspecified atom stereocenters. The molecular formula is C12H18N2O4. The second-order valence-corrected chi connectivity index (χ2v) is 4.69. The standard InChI is InChI=1S/C12H18N2O4/c1-12(2,3)18-11(16)14-9-5-8(7-15)6-13-10(9)17-4/h5-6,15H,7H2,1-4H3,(H,14,16). The van der Waals surface area contributed by atoms with E-state index in [-0.39, 0.29) is 12.5 Å². The Morgan fingerprint density at radius 1 is 1.50 bits per heavy atom. The Morgan fingerprint density at radius 2 is 2.17 bits per heavy atom. The minimum atomic E-state index is -0.599. The van der Waals surface area contributed by atoms with Crippen LogP contribution in [0.3, 0.4) is 0 Å². The number of nitrogens with one attached hydrogen (secondary N) is 1. The number of anilines is 1. The number of carbonyl (C=O) groups excluding carboxylic acids is 1. The van der Waals surface area contributed by atoms with Crippen molar-refractivity contribution in [1.29, 1.82) is 0 Å². The fourth-order valence-corrected chi connectivity index (χ4v) is 1.25. The first-order valence-electron chi connectivity index (χ1n) is 5.49. The number of rotatable bonds is 3. The summed E-state index contributed by atoms with van der Waals surface area (Å²) in [7, 11) is 1.45. The number of ether oxygens (including phenoxy) is 2. The minimum absolute atomic E-state index is 0.167. The maximum absolute atomic E-state index is 11.6. The van der Waals surface area contributed by atoms with E-state index < -0.39 is 11.7 Å². The SMILES string of the molecule is COc1ncc(CO)cc1NC(=O)OC(C)(C)C. The van der Waals surface area contributed by atoms with Crippen molar-refractivity contribution in [3.8, 4) is 5.88 Å². The average Bonchev–Trinajstić information content (AvgIpc) is 2.26. The van der Waals surface area contributed by atoms with Gasteiger partial charge in [-0.2, -0.15) is 0 Å². The predicted octanol–water partition coefficient (Wildman–Crippen LogP) is 1.93. The van der Waals surface area contributed by atoms with E-state index in [1.807, 2.05) is 0 Å². The van der Waals surface area contributed by atoms with Crippen molar-refractivity contribution in [2.24, 2.45) is 0 Å². The average molecular weight is 254 g/mol. The van der Waals surface area contributed by atoms with Crippen molar-refractivity contribution in [1.82, 2.24) is 4.98 Å². The Balaban J connectivity index is 2.85. The molecular weight excluding hydrogens is 236 g/mol. The number of hydrogen-bond donors (Lipinski definition) is 2. The van der Waals surface area contributed by atoms with Crippen LogP contribution in [0.1, 0.15) is 26.3 Å². The third-order valence-electron chi connectivity index (χ3n) is 1.92. The van der Waals surface area contributed by atoms with Crippen LogP contribution in [0.5, 0.6) is 5.88 Å². The first-order chi connectivity index (χ1) is 8.35. The predicted molar refractivity (Wildman–Crippen MR) is 66.6 cm³/mol. The quantitative estimate of drug-likeness (QED) is 0.861. The molecule has 1 heterocycles. The smallest absolute Gasteiger partial charge is 0.412 e. The topological polar surface area (TPSA) is 80.7 Å². The van der Waals surface area contributed by atoms with Crippen molar-refractivity contribution in [3.63, 3.8) is 0 Å². The van der Waals surface area contributed by atoms with E-state index >= 15 is 0 Å². The van der Waals surface area contributed by atoms with Crippen LogP contribution >= 0.6 is 0 Å². The molecule has 6 nitrogen and oxygen atoms in total. The van der Waals surface area contributed by atoms with E-state index in [1.165, 1.54) is 13.3 Å². The highest BCUT2D eigenvalue weighted by molar-refractivity contribution is 5.86. The van der Waals surface area contributed by atoms with E-state index in [1.54, 1.807) is 26.8 Å². The van der Waals surface area contributed by atoms with Crippen LogP contribution in [0.4, 0.5) is 10.5 Å². The summed E-state index contributed by atoms with van der Waals surface area (Å²) in [5, 5.41) is 11.6. The Hall–Kier alpha value is -1.82. The molecule has 0 aliphatic carbocycles. The molecule has 0 spiro atoms. The van der Waals surface area contributed by atoms with Gasteiger partial charge in [0.25, 0.3) is 0 Å². The summed E-state index contributed by atoms with van der Waals surface area (Å²) < 4.78 is 10.1. The first-order valence-corrected chi connectivity index (χ1v) is 5.49. The van der Waals surface area contributed by atoms with Gasteiger partial charge in [-0.1, -0.05) is 0 Å². The molecule has 0 saturated carbocycles. The van der Waals surface area contributed by atoms with E-state index in [0.29, 0.717) is 11.3 Å². The van der Waals surface area contributed by atoms with Crippen molar-refractivity contribution < 1.29 is 19.4 Å². The summed E-state index contributed by atoms with van der Waals surface area (Å²) in [6.07, 6.45) is 0.872. The van der Waals surface area contributed by atoms with Gasteiger partial charge in [-0.3, -0.25) is 5.32 Å². The Kier molecular flexibility index (Phi) is 4.49. The van der Waals surface area contributed by atoms with Crippen LogP contribution < -0.4 is 10.1 Å². The lowest BCUT2D eigenvalue weighted by atomic mass is 10.2. The largest absolute Gasteiger partial charge is 0.480 e. The molecule has 1 aromatic rings. The normalized spacial score (nSPS) is 10.9. The van der Waals surface area contributed by atoms with Gasteiger partial charge in [0.05, 0.1) is 13.7 Å². The molecule has 0 fully saturated rings. The highest BCUT2D eigenvalue weighted by Crippen LogP contribution is 2.23. The Labute approximate surface area is 106 Å². The van der Waals surface area contributed by atoms with Crippen LogP contribution in [0.25, 0.3) is 0 Å². The molecule has 0 bridgehead atoms. The molecule has 6 heteroatoms. The highest BCUT2D eigenvalue weighted by Gasteiger charge is 2.18. The van der Waals surface area contributed by atoms with E-state index in [2.05, 4.69) is 10.3 Å². The van der Waals surface area contributed by atoms with Gasteiger partial charge >= 0.3 is 6.09 Å². The van der Waals surface area contributed by atoms with E-state index in [0.717, 1.165) is 0 Å². The number of nitrogens with zero attached hydrogens (tertiary/aromatic N) is 1. The van der Waals surface area contributed by atoms with E-state index in [4.69, 9.17) is 14.6 Å². The van der Waals surface area contributed by atoms with Gasteiger partial charge < -0.3 is 14.6 Å². The summed E-state index contributed by atoms with van der Waals surface area (Å²) in [6.45, 7) is 5.14. The van der Waals surface area contributed by atoms with Crippen LogP contribution in [0.2, 0.25) is 0 Å². The summed E-state index contributed by atoms with van der Waals surface area (Å²) in [4.78, 5) is 15.6. The lowest BCUT2D eigenvalue weighted by molar-refractivity contribution is 0.0635. The molecule has 18 heavy (non-hydrogen) atoms. The summed E-state index contributed by atoms with van der Waals surface area (Å²) >= 11 is 0. The van der Waals surface area contributed by atoms with Crippen molar-refractivity contribution in [3.05, 3.63) is 17.8 Å². The van der Waals surface area contributed by atoms with Crippen molar-refractivity contribution in [2.75, 3.05) is 12.4 Å². The minimum Gasteiger partial charge on any atom is -0.480 e. The lowest BCUT2D eigenvalue weighted by Crippen LogP contribution is -2.27. The number of hydrogen-bond acceptors (Lipinski definition) is 5. The molecule has 0 atom stereocenters. The highest BCUT2D eigenvalue weighted by atomic mass is 16.6. The molecule has 1 amide bonds. The Bertz CT molecular complexity index is 427. The molecule has 0 saturated heterocycles. The van der Waals surface area contributed by atoms with Crippen molar-refractivity contribution in [2.45, 2.75) is 33.0 Å². The van der Waals surface area contributed by atoms with Gasteiger partial charge in [0, 0.05) is 6.20 Å². The van der Waals surface area contributed by atoms with Gasteiger partial charge in [0.1, 0.15) is 11.3 Å². The second-order valence-electron chi connectivity index (χ2n) is 4.69. The zero-order valence-corrected chi connectivity index (χ0v) is 11.0. The number of methoxy groups -OCH3 is 1. The fourth-order valence-electron chi connectivity index (χ4n) is 1.25.